The van der Waals surface area contributed by atoms with Crippen molar-refractivity contribution in [2.45, 2.75) is 13.5 Å². The number of rotatable bonds is 7. The fourth-order valence-corrected chi connectivity index (χ4v) is 2.42. The highest BCUT2D eigenvalue weighted by atomic mass is 19.1. The van der Waals surface area contributed by atoms with Crippen LogP contribution in [0, 0.1) is 11.6 Å². The Bertz CT molecular complexity index is 717. The van der Waals surface area contributed by atoms with Crippen molar-refractivity contribution >= 4 is 17.3 Å². The van der Waals surface area contributed by atoms with Crippen molar-refractivity contribution < 1.29 is 13.6 Å². The summed E-state index contributed by atoms with van der Waals surface area (Å²) >= 11 is 0. The van der Waals surface area contributed by atoms with Crippen molar-refractivity contribution in [2.24, 2.45) is 0 Å². The first-order valence-electron chi connectivity index (χ1n) is 8.12. The lowest BCUT2D eigenvalue weighted by atomic mass is 10.2. The third-order valence-corrected chi connectivity index (χ3v) is 3.88. The second-order valence-electron chi connectivity index (χ2n) is 6.04. The van der Waals surface area contributed by atoms with Crippen LogP contribution in [0.1, 0.15) is 12.5 Å². The Morgan fingerprint density at radius 3 is 2.36 bits per heavy atom. The minimum Gasteiger partial charge on any atom is -0.378 e. The van der Waals surface area contributed by atoms with E-state index in [1.165, 1.54) is 0 Å². The molecule has 0 bridgehead atoms. The number of hydrogen-bond donors (Lipinski definition) is 1. The normalized spacial score (nSPS) is 10.8. The maximum atomic E-state index is 13.6. The highest BCUT2D eigenvalue weighted by Gasteiger charge is 2.12. The number of nitrogens with zero attached hydrogens (tertiary/aromatic N) is 2. The van der Waals surface area contributed by atoms with E-state index >= 15 is 0 Å². The van der Waals surface area contributed by atoms with Crippen LogP contribution in [0.2, 0.25) is 0 Å². The number of carbonyl (C=O) groups excluding carboxylic acids is 1. The number of nitrogens with one attached hydrogen (secondary N) is 1. The van der Waals surface area contributed by atoms with Crippen molar-refractivity contribution in [3.05, 3.63) is 59.7 Å². The van der Waals surface area contributed by atoms with E-state index in [4.69, 9.17) is 0 Å². The summed E-state index contributed by atoms with van der Waals surface area (Å²) in [6, 6.07) is 11.1. The summed E-state index contributed by atoms with van der Waals surface area (Å²) in [7, 11) is 3.95. The van der Waals surface area contributed by atoms with Crippen LogP contribution < -0.4 is 10.2 Å². The number of halogens is 2. The molecule has 0 spiro atoms. The molecule has 134 valence electrons. The van der Waals surface area contributed by atoms with Gasteiger partial charge in [-0.15, -0.1) is 0 Å². The van der Waals surface area contributed by atoms with Crippen molar-refractivity contribution in [2.75, 3.05) is 37.4 Å². The van der Waals surface area contributed by atoms with Crippen LogP contribution in [-0.2, 0) is 11.3 Å². The zero-order chi connectivity index (χ0) is 18.4. The summed E-state index contributed by atoms with van der Waals surface area (Å²) in [5.41, 5.74) is 2.04. The van der Waals surface area contributed by atoms with Crippen LogP contribution in [0.3, 0.4) is 0 Å². The van der Waals surface area contributed by atoms with E-state index in [1.807, 2.05) is 55.1 Å². The molecule has 25 heavy (non-hydrogen) atoms. The van der Waals surface area contributed by atoms with Crippen LogP contribution >= 0.6 is 0 Å². The zero-order valence-corrected chi connectivity index (χ0v) is 14.7. The predicted octanol–water partition coefficient (Wildman–Crippen LogP) is 3.49. The average Bonchev–Trinajstić information content (AvgIpc) is 2.58. The number of benzene rings is 2. The Hall–Kier alpha value is -2.47. The maximum Gasteiger partial charge on any atom is 0.238 e. The van der Waals surface area contributed by atoms with Gasteiger partial charge in [0.1, 0.15) is 11.6 Å². The Morgan fingerprint density at radius 2 is 1.76 bits per heavy atom. The summed E-state index contributed by atoms with van der Waals surface area (Å²) < 4.78 is 26.8. The minimum absolute atomic E-state index is 0.0991. The van der Waals surface area contributed by atoms with Crippen LogP contribution in [0.25, 0.3) is 0 Å². The molecule has 0 saturated carbocycles. The second kappa shape index (κ2) is 8.58. The number of likely N-dealkylation sites (N-methyl/N-ethyl adjacent to an activating group) is 1. The first-order valence-corrected chi connectivity index (χ1v) is 8.12. The van der Waals surface area contributed by atoms with E-state index in [-0.39, 0.29) is 18.1 Å². The number of amides is 1. The van der Waals surface area contributed by atoms with Gasteiger partial charge < -0.3 is 10.2 Å². The lowest BCUT2D eigenvalue weighted by Crippen LogP contribution is -2.33. The molecule has 0 aromatic heterocycles. The number of anilines is 2. The fraction of sp³-hybridized carbons (Fsp3) is 0.316. The van der Waals surface area contributed by atoms with E-state index in [0.717, 1.165) is 29.4 Å². The van der Waals surface area contributed by atoms with E-state index in [2.05, 4.69) is 5.32 Å². The molecule has 0 atom stereocenters. The molecule has 0 unspecified atom stereocenters. The van der Waals surface area contributed by atoms with Gasteiger partial charge in [-0.3, -0.25) is 9.69 Å². The lowest BCUT2D eigenvalue weighted by molar-refractivity contribution is -0.117. The van der Waals surface area contributed by atoms with Crippen molar-refractivity contribution in [1.82, 2.24) is 4.90 Å². The molecule has 2 aromatic carbocycles. The lowest BCUT2D eigenvalue weighted by Gasteiger charge is -2.20. The molecule has 0 aliphatic rings. The monoisotopic (exact) mass is 347 g/mol. The molecule has 6 heteroatoms. The van der Waals surface area contributed by atoms with Crippen molar-refractivity contribution in [3.63, 3.8) is 0 Å². The van der Waals surface area contributed by atoms with Gasteiger partial charge in [0.15, 0.2) is 0 Å². The van der Waals surface area contributed by atoms with Gasteiger partial charge in [-0.1, -0.05) is 19.1 Å². The summed E-state index contributed by atoms with van der Waals surface area (Å²) in [5, 5.41) is 2.42. The SMILES string of the molecule is CCN(CC(=O)Nc1cc(F)ccc1F)Cc1ccc(N(C)C)cc1. The molecule has 0 fully saturated rings. The Morgan fingerprint density at radius 1 is 1.08 bits per heavy atom. The average molecular weight is 347 g/mol. The third-order valence-electron chi connectivity index (χ3n) is 3.88. The largest absolute Gasteiger partial charge is 0.378 e. The molecule has 0 radical (unpaired) electrons. The van der Waals surface area contributed by atoms with Crippen LogP contribution in [0.15, 0.2) is 42.5 Å². The molecule has 0 aliphatic heterocycles. The van der Waals surface area contributed by atoms with Crippen molar-refractivity contribution in [1.29, 1.82) is 0 Å². The summed E-state index contributed by atoms with van der Waals surface area (Å²) in [5.74, 6) is -1.63. The van der Waals surface area contributed by atoms with Gasteiger partial charge in [0.05, 0.1) is 12.2 Å². The Labute approximate surface area is 147 Å². The minimum atomic E-state index is -0.655. The highest BCUT2D eigenvalue weighted by molar-refractivity contribution is 5.92. The topological polar surface area (TPSA) is 35.6 Å². The highest BCUT2D eigenvalue weighted by Crippen LogP contribution is 2.16. The van der Waals surface area contributed by atoms with Gasteiger partial charge in [0.2, 0.25) is 5.91 Å². The van der Waals surface area contributed by atoms with E-state index in [0.29, 0.717) is 13.1 Å². The molecule has 1 N–H and O–H groups in total. The quantitative estimate of drug-likeness (QED) is 0.833. The standard InChI is InChI=1S/C19H23F2N3O/c1-4-24(12-14-5-8-16(9-6-14)23(2)3)13-19(25)22-18-11-15(20)7-10-17(18)21/h5-11H,4,12-13H2,1-3H3,(H,22,25). The van der Waals surface area contributed by atoms with Gasteiger partial charge in [0, 0.05) is 32.4 Å². The van der Waals surface area contributed by atoms with Gasteiger partial charge in [0.25, 0.3) is 0 Å². The van der Waals surface area contributed by atoms with E-state index in [1.54, 1.807) is 0 Å². The molecular formula is C19H23F2N3O. The molecular weight excluding hydrogens is 324 g/mol. The first-order chi connectivity index (χ1) is 11.9. The third kappa shape index (κ3) is 5.53. The van der Waals surface area contributed by atoms with Gasteiger partial charge >= 0.3 is 0 Å². The first kappa shape index (κ1) is 18.9. The van der Waals surface area contributed by atoms with Gasteiger partial charge in [-0.05, 0) is 36.4 Å². The van der Waals surface area contributed by atoms with Gasteiger partial charge in [-0.25, -0.2) is 8.78 Å². The smallest absolute Gasteiger partial charge is 0.238 e. The molecule has 2 rings (SSSR count). The van der Waals surface area contributed by atoms with E-state index < -0.39 is 11.6 Å². The predicted molar refractivity (Wildman–Crippen MR) is 96.7 cm³/mol. The number of carbonyl (C=O) groups is 1. The Balaban J connectivity index is 1.96. The molecule has 4 nitrogen and oxygen atoms in total. The molecule has 0 saturated heterocycles. The van der Waals surface area contributed by atoms with Crippen LogP contribution in [0.4, 0.5) is 20.2 Å². The summed E-state index contributed by atoms with van der Waals surface area (Å²) in [4.78, 5) is 16.1. The molecule has 2 aromatic rings. The summed E-state index contributed by atoms with van der Waals surface area (Å²) in [6.45, 7) is 3.31. The number of hydrogen-bond acceptors (Lipinski definition) is 3. The Kier molecular flexibility index (Phi) is 6.47. The fourth-order valence-electron chi connectivity index (χ4n) is 2.42. The van der Waals surface area contributed by atoms with E-state index in [9.17, 15) is 13.6 Å². The maximum absolute atomic E-state index is 13.6. The zero-order valence-electron chi connectivity index (χ0n) is 14.7. The van der Waals surface area contributed by atoms with Gasteiger partial charge in [-0.2, -0.15) is 0 Å². The molecule has 1 amide bonds. The summed E-state index contributed by atoms with van der Waals surface area (Å²) in [6.07, 6.45) is 0. The van der Waals surface area contributed by atoms with Crippen LogP contribution in [-0.4, -0.2) is 38.0 Å². The van der Waals surface area contributed by atoms with Crippen molar-refractivity contribution in [3.8, 4) is 0 Å². The molecule has 0 aliphatic carbocycles. The second-order valence-corrected chi connectivity index (χ2v) is 6.04. The van der Waals surface area contributed by atoms with Crippen LogP contribution in [0.5, 0.6) is 0 Å². The molecule has 0 heterocycles.